The van der Waals surface area contributed by atoms with Crippen LogP contribution < -0.4 is 15.8 Å². The van der Waals surface area contributed by atoms with Gasteiger partial charge in [0.2, 0.25) is 0 Å². The van der Waals surface area contributed by atoms with Crippen molar-refractivity contribution in [3.63, 3.8) is 0 Å². The quantitative estimate of drug-likeness (QED) is 0.493. The molecule has 2 aromatic heterocycles. The molecular formula is C27H28N6O2. The first-order valence-electron chi connectivity index (χ1n) is 11.8. The van der Waals surface area contributed by atoms with Crippen molar-refractivity contribution in [2.45, 2.75) is 20.4 Å². The summed E-state index contributed by atoms with van der Waals surface area (Å²) in [6, 6.07) is 19.4. The van der Waals surface area contributed by atoms with E-state index in [1.54, 1.807) is 15.7 Å². The zero-order valence-electron chi connectivity index (χ0n) is 19.9. The van der Waals surface area contributed by atoms with Gasteiger partial charge in [-0.3, -0.25) is 9.36 Å². The number of hydrogen-bond donors (Lipinski definition) is 1. The van der Waals surface area contributed by atoms with Crippen LogP contribution in [-0.4, -0.2) is 51.6 Å². The number of piperazine rings is 1. The third-order valence-electron chi connectivity index (χ3n) is 6.40. The summed E-state index contributed by atoms with van der Waals surface area (Å²) in [5.41, 5.74) is 5.09. The summed E-state index contributed by atoms with van der Waals surface area (Å²) in [5, 5.41) is 2.99. The van der Waals surface area contributed by atoms with Crippen molar-refractivity contribution < 1.29 is 4.79 Å². The van der Waals surface area contributed by atoms with Gasteiger partial charge in [-0.05, 0) is 43.2 Å². The van der Waals surface area contributed by atoms with E-state index in [4.69, 9.17) is 0 Å². The van der Waals surface area contributed by atoms with Gasteiger partial charge in [0.1, 0.15) is 5.52 Å². The Morgan fingerprint density at radius 3 is 2.43 bits per heavy atom. The molecule has 0 unspecified atom stereocenters. The van der Waals surface area contributed by atoms with E-state index in [9.17, 15) is 9.59 Å². The number of carbonyl (C=O) groups is 1. The van der Waals surface area contributed by atoms with Crippen LogP contribution in [-0.2, 0) is 6.54 Å². The first-order valence-corrected chi connectivity index (χ1v) is 11.8. The Hall–Kier alpha value is -4.20. The van der Waals surface area contributed by atoms with Gasteiger partial charge in [0.05, 0.1) is 6.54 Å². The minimum absolute atomic E-state index is 0.133. The molecule has 2 amide bonds. The Bertz CT molecular complexity index is 1420. The Morgan fingerprint density at radius 1 is 0.943 bits per heavy atom. The number of para-hydroxylation sites is 1. The molecule has 2 aromatic carbocycles. The number of fused-ring (bicyclic) bond motifs is 1. The second kappa shape index (κ2) is 9.58. The highest BCUT2D eigenvalue weighted by atomic mass is 16.2. The zero-order chi connectivity index (χ0) is 24.4. The third-order valence-corrected chi connectivity index (χ3v) is 6.40. The topological polar surface area (TPSA) is 83.4 Å². The summed E-state index contributed by atoms with van der Waals surface area (Å²) in [6.07, 6.45) is 1.68. The zero-order valence-corrected chi connectivity index (χ0v) is 19.9. The number of nitrogens with zero attached hydrogens (tertiary/aromatic N) is 5. The fourth-order valence-electron chi connectivity index (χ4n) is 4.32. The van der Waals surface area contributed by atoms with Gasteiger partial charge in [0, 0.05) is 38.1 Å². The number of rotatable bonds is 4. The molecule has 3 heterocycles. The van der Waals surface area contributed by atoms with E-state index in [-0.39, 0.29) is 11.6 Å². The van der Waals surface area contributed by atoms with Crippen LogP contribution >= 0.6 is 0 Å². The molecule has 0 spiro atoms. The van der Waals surface area contributed by atoms with E-state index in [1.165, 1.54) is 5.56 Å². The van der Waals surface area contributed by atoms with Crippen LogP contribution in [0.3, 0.4) is 0 Å². The second-order valence-electron chi connectivity index (χ2n) is 8.88. The number of urea groups is 1. The average Bonchev–Trinajstić information content (AvgIpc) is 2.88. The lowest BCUT2D eigenvalue weighted by atomic mass is 10.1. The van der Waals surface area contributed by atoms with Crippen molar-refractivity contribution in [3.8, 4) is 0 Å². The lowest BCUT2D eigenvalue weighted by Crippen LogP contribution is -2.51. The maximum absolute atomic E-state index is 13.6. The molecule has 8 heteroatoms. The van der Waals surface area contributed by atoms with Gasteiger partial charge in [-0.1, -0.05) is 48.0 Å². The van der Waals surface area contributed by atoms with E-state index in [0.717, 1.165) is 16.8 Å². The molecule has 0 radical (unpaired) electrons. The number of amides is 2. The molecule has 8 nitrogen and oxygen atoms in total. The Balaban J connectivity index is 1.37. The van der Waals surface area contributed by atoms with Crippen LogP contribution in [0.2, 0.25) is 0 Å². The molecule has 1 saturated heterocycles. The van der Waals surface area contributed by atoms with Gasteiger partial charge >= 0.3 is 6.03 Å². The smallest absolute Gasteiger partial charge is 0.321 e. The summed E-state index contributed by atoms with van der Waals surface area (Å²) >= 11 is 0. The van der Waals surface area contributed by atoms with Gasteiger partial charge < -0.3 is 15.1 Å². The predicted octanol–water partition coefficient (Wildman–Crippen LogP) is 3.81. The lowest BCUT2D eigenvalue weighted by molar-refractivity contribution is 0.208. The molecule has 0 saturated carbocycles. The maximum atomic E-state index is 13.6. The molecule has 178 valence electrons. The van der Waals surface area contributed by atoms with Crippen LogP contribution in [0.25, 0.3) is 11.2 Å². The standard InChI is InChI=1S/C27H28N6O2/c1-19-9-11-21(12-10-19)18-33-24-23(8-5-13-28-24)29-25(26(33)34)31-14-16-32(17-15-31)27(35)30-22-7-4-3-6-20(22)2/h3-13H,14-18H2,1-2H3,(H,30,35). The number of benzene rings is 2. The van der Waals surface area contributed by atoms with Crippen molar-refractivity contribution in [2.75, 3.05) is 36.4 Å². The summed E-state index contributed by atoms with van der Waals surface area (Å²) < 4.78 is 1.69. The highest BCUT2D eigenvalue weighted by Crippen LogP contribution is 2.18. The Morgan fingerprint density at radius 2 is 1.69 bits per heavy atom. The van der Waals surface area contributed by atoms with Crippen LogP contribution in [0.1, 0.15) is 16.7 Å². The van der Waals surface area contributed by atoms with Crippen molar-refractivity contribution >= 4 is 28.7 Å². The van der Waals surface area contributed by atoms with E-state index in [2.05, 4.69) is 15.3 Å². The number of hydrogen-bond acceptors (Lipinski definition) is 5. The van der Waals surface area contributed by atoms with Crippen LogP contribution in [0.5, 0.6) is 0 Å². The van der Waals surface area contributed by atoms with Crippen LogP contribution in [0.15, 0.2) is 71.7 Å². The Kier molecular flexibility index (Phi) is 6.18. The van der Waals surface area contributed by atoms with E-state index >= 15 is 0 Å². The summed E-state index contributed by atoms with van der Waals surface area (Å²) in [5.74, 6) is 0.400. The minimum atomic E-state index is -0.172. The predicted molar refractivity (Wildman–Crippen MR) is 138 cm³/mol. The van der Waals surface area contributed by atoms with Gasteiger partial charge in [0.25, 0.3) is 5.56 Å². The summed E-state index contributed by atoms with van der Waals surface area (Å²) in [7, 11) is 0. The number of anilines is 2. The molecule has 1 aliphatic heterocycles. The van der Waals surface area contributed by atoms with Gasteiger partial charge in [-0.15, -0.1) is 0 Å². The molecule has 35 heavy (non-hydrogen) atoms. The fraction of sp³-hybridized carbons (Fsp3) is 0.259. The molecule has 0 atom stereocenters. The van der Waals surface area contributed by atoms with Gasteiger partial charge in [-0.25, -0.2) is 14.8 Å². The van der Waals surface area contributed by atoms with Crippen molar-refractivity contribution in [1.29, 1.82) is 0 Å². The molecule has 0 bridgehead atoms. The molecule has 4 aromatic rings. The number of pyridine rings is 1. The first kappa shape index (κ1) is 22.6. The normalized spacial score (nSPS) is 13.8. The molecule has 1 aliphatic rings. The summed E-state index contributed by atoms with van der Waals surface area (Å²) in [6.45, 7) is 6.48. The minimum Gasteiger partial charge on any atom is -0.348 e. The molecule has 5 rings (SSSR count). The molecular weight excluding hydrogens is 440 g/mol. The SMILES string of the molecule is Cc1ccc(Cn2c(=O)c(N3CCN(C(=O)Nc4ccccc4C)CC3)nc3cccnc32)cc1. The van der Waals surface area contributed by atoms with Crippen molar-refractivity contribution in [3.05, 3.63) is 93.9 Å². The number of carbonyl (C=O) groups excluding carboxylic acids is 1. The molecule has 0 aliphatic carbocycles. The van der Waals surface area contributed by atoms with E-state index in [1.807, 2.05) is 79.4 Å². The highest BCUT2D eigenvalue weighted by molar-refractivity contribution is 5.90. The second-order valence-corrected chi connectivity index (χ2v) is 8.88. The Labute approximate surface area is 203 Å². The van der Waals surface area contributed by atoms with Crippen LogP contribution in [0.4, 0.5) is 16.3 Å². The maximum Gasteiger partial charge on any atom is 0.321 e. The highest BCUT2D eigenvalue weighted by Gasteiger charge is 2.25. The van der Waals surface area contributed by atoms with Gasteiger partial charge in [0.15, 0.2) is 11.5 Å². The number of nitrogens with one attached hydrogen (secondary N) is 1. The van der Waals surface area contributed by atoms with Gasteiger partial charge in [-0.2, -0.15) is 0 Å². The monoisotopic (exact) mass is 468 g/mol. The summed E-state index contributed by atoms with van der Waals surface area (Å²) in [4.78, 5) is 39.2. The first-order chi connectivity index (χ1) is 17.0. The fourth-order valence-corrected chi connectivity index (χ4v) is 4.32. The lowest BCUT2D eigenvalue weighted by Gasteiger charge is -2.35. The number of aromatic nitrogens is 3. The number of aryl methyl sites for hydroxylation is 2. The largest absolute Gasteiger partial charge is 0.348 e. The van der Waals surface area contributed by atoms with E-state index in [0.29, 0.717) is 49.7 Å². The van der Waals surface area contributed by atoms with Crippen molar-refractivity contribution in [2.24, 2.45) is 0 Å². The van der Waals surface area contributed by atoms with Crippen LogP contribution in [0, 0.1) is 13.8 Å². The molecule has 1 N–H and O–H groups in total. The molecule has 1 fully saturated rings. The average molecular weight is 469 g/mol. The van der Waals surface area contributed by atoms with E-state index < -0.39 is 0 Å². The third kappa shape index (κ3) is 4.73. The van der Waals surface area contributed by atoms with Crippen molar-refractivity contribution in [1.82, 2.24) is 19.4 Å².